The summed E-state index contributed by atoms with van der Waals surface area (Å²) in [6, 6.07) is 12.4. The van der Waals surface area contributed by atoms with Crippen LogP contribution >= 0.6 is 0 Å². The molecule has 2 aromatic rings. The predicted molar refractivity (Wildman–Crippen MR) is 117 cm³/mol. The van der Waals surface area contributed by atoms with E-state index in [1.54, 1.807) is 30.3 Å². The lowest BCUT2D eigenvalue weighted by molar-refractivity contribution is 0.0639. The molecule has 3 heterocycles. The highest BCUT2D eigenvalue weighted by molar-refractivity contribution is 6.21. The summed E-state index contributed by atoms with van der Waals surface area (Å²) < 4.78 is 11.1. The van der Waals surface area contributed by atoms with Crippen LogP contribution in [0.15, 0.2) is 42.5 Å². The van der Waals surface area contributed by atoms with Crippen LogP contribution in [0.5, 0.6) is 11.5 Å². The number of likely N-dealkylation sites (tertiary alicyclic amines) is 1. The second kappa shape index (κ2) is 8.74. The molecule has 2 amide bonds. The van der Waals surface area contributed by atoms with Crippen LogP contribution in [0.4, 0.5) is 0 Å². The molecule has 0 N–H and O–H groups in total. The summed E-state index contributed by atoms with van der Waals surface area (Å²) in [7, 11) is 0. The molecule has 0 aromatic heterocycles. The molecule has 0 bridgehead atoms. The first-order chi connectivity index (χ1) is 15.6. The Morgan fingerprint density at radius 1 is 0.875 bits per heavy atom. The normalized spacial score (nSPS) is 18.7. The van der Waals surface area contributed by atoms with Gasteiger partial charge in [0.15, 0.2) is 17.3 Å². The van der Waals surface area contributed by atoms with Gasteiger partial charge >= 0.3 is 0 Å². The average Bonchev–Trinajstić information content (AvgIpc) is 3.09. The molecule has 5 rings (SSSR count). The smallest absolute Gasteiger partial charge is 0.261 e. The van der Waals surface area contributed by atoms with Crippen LogP contribution in [-0.2, 0) is 0 Å². The molecule has 1 saturated heterocycles. The highest BCUT2D eigenvalue weighted by Crippen LogP contribution is 2.32. The summed E-state index contributed by atoms with van der Waals surface area (Å²) in [6.07, 6.45) is 2.34. The van der Waals surface area contributed by atoms with Crippen molar-refractivity contribution in [2.75, 3.05) is 39.4 Å². The van der Waals surface area contributed by atoms with Crippen LogP contribution in [0.25, 0.3) is 0 Å². The maximum Gasteiger partial charge on any atom is 0.261 e. The third-order valence-corrected chi connectivity index (χ3v) is 6.52. The monoisotopic (exact) mass is 434 g/mol. The van der Waals surface area contributed by atoms with E-state index in [1.165, 1.54) is 4.90 Å². The average molecular weight is 434 g/mol. The molecule has 7 heteroatoms. The maximum absolute atomic E-state index is 13.0. The molecule has 0 unspecified atom stereocenters. The number of piperidine rings is 1. The van der Waals surface area contributed by atoms with Gasteiger partial charge in [-0.15, -0.1) is 0 Å². The van der Waals surface area contributed by atoms with Gasteiger partial charge in [-0.2, -0.15) is 0 Å². The summed E-state index contributed by atoms with van der Waals surface area (Å²) in [5.74, 6) is 1.11. The Morgan fingerprint density at radius 2 is 1.53 bits per heavy atom. The molecule has 166 valence electrons. The number of hydrogen-bond donors (Lipinski definition) is 0. The van der Waals surface area contributed by atoms with Gasteiger partial charge in [-0.1, -0.05) is 12.1 Å². The molecular weight excluding hydrogens is 408 g/mol. The third kappa shape index (κ3) is 3.88. The number of carbonyl (C=O) groups is 3. The fourth-order valence-corrected chi connectivity index (χ4v) is 4.75. The van der Waals surface area contributed by atoms with Gasteiger partial charge in [0.25, 0.3) is 11.8 Å². The molecule has 0 atom stereocenters. The Hall–Kier alpha value is -3.19. The van der Waals surface area contributed by atoms with Gasteiger partial charge in [-0.05, 0) is 69.2 Å². The van der Waals surface area contributed by atoms with Gasteiger partial charge in [0.05, 0.1) is 11.1 Å². The van der Waals surface area contributed by atoms with Gasteiger partial charge in [0, 0.05) is 18.0 Å². The second-order valence-electron chi connectivity index (χ2n) is 8.50. The number of benzene rings is 2. The highest BCUT2D eigenvalue weighted by atomic mass is 16.6. The lowest BCUT2D eigenvalue weighted by atomic mass is 9.88. The topological polar surface area (TPSA) is 76.2 Å². The minimum absolute atomic E-state index is 0.00467. The number of nitrogens with zero attached hydrogens (tertiary/aromatic N) is 2. The number of rotatable bonds is 6. The molecule has 1 fully saturated rings. The third-order valence-electron chi connectivity index (χ3n) is 6.52. The van der Waals surface area contributed by atoms with Crippen molar-refractivity contribution in [1.29, 1.82) is 0 Å². The zero-order valence-electron chi connectivity index (χ0n) is 17.9. The van der Waals surface area contributed by atoms with E-state index in [0.29, 0.717) is 47.9 Å². The number of hydrogen-bond acceptors (Lipinski definition) is 6. The molecular formula is C25H26N2O5. The van der Waals surface area contributed by atoms with Gasteiger partial charge in [0.2, 0.25) is 0 Å². The fourth-order valence-electron chi connectivity index (χ4n) is 4.75. The van der Waals surface area contributed by atoms with Crippen molar-refractivity contribution in [1.82, 2.24) is 9.80 Å². The summed E-state index contributed by atoms with van der Waals surface area (Å²) in [5.41, 5.74) is 1.67. The minimum Gasteiger partial charge on any atom is -0.486 e. The Morgan fingerprint density at radius 3 is 2.22 bits per heavy atom. The number of imide groups is 1. The fraction of sp³-hybridized carbons (Fsp3) is 0.400. The molecule has 3 aliphatic heterocycles. The van der Waals surface area contributed by atoms with Crippen LogP contribution in [-0.4, -0.2) is 66.8 Å². The van der Waals surface area contributed by atoms with Crippen LogP contribution in [0, 0.1) is 5.92 Å². The Balaban J connectivity index is 1.10. The quantitative estimate of drug-likeness (QED) is 0.514. The predicted octanol–water partition coefficient (Wildman–Crippen LogP) is 3.04. The lowest BCUT2D eigenvalue weighted by Crippen LogP contribution is -2.38. The lowest BCUT2D eigenvalue weighted by Gasteiger charge is -2.31. The van der Waals surface area contributed by atoms with Crippen LogP contribution in [0.1, 0.15) is 50.3 Å². The number of Topliss-reactive ketones (excluding diaryl/α,β-unsaturated/α-hetero) is 1. The van der Waals surface area contributed by atoms with E-state index >= 15 is 0 Å². The van der Waals surface area contributed by atoms with Gasteiger partial charge in [-0.3, -0.25) is 19.3 Å². The minimum atomic E-state index is -0.200. The standard InChI is InChI=1S/C25H26N2O5/c28-23(18-6-7-21-22(16-18)32-15-14-31-21)17-8-12-26(13-9-17)10-3-11-27-24(29)19-4-1-2-5-20(19)25(27)30/h1-2,4-7,16-17H,3,8-15H2. The van der Waals surface area contributed by atoms with E-state index in [1.807, 2.05) is 12.1 Å². The van der Waals surface area contributed by atoms with Crippen molar-refractivity contribution in [3.8, 4) is 11.5 Å². The number of ketones is 1. The largest absolute Gasteiger partial charge is 0.486 e. The SMILES string of the molecule is O=C(c1ccc2c(c1)OCCO2)C1CCN(CCCN2C(=O)c3ccccc3C2=O)CC1. The van der Waals surface area contributed by atoms with Crippen molar-refractivity contribution in [3.05, 3.63) is 59.2 Å². The molecule has 0 spiro atoms. The first-order valence-corrected chi connectivity index (χ1v) is 11.2. The Bertz CT molecular complexity index is 1020. The first kappa shape index (κ1) is 20.7. The molecule has 7 nitrogen and oxygen atoms in total. The van der Waals surface area contributed by atoms with Gasteiger partial charge < -0.3 is 14.4 Å². The van der Waals surface area contributed by atoms with Crippen LogP contribution in [0.3, 0.4) is 0 Å². The van der Waals surface area contributed by atoms with E-state index in [4.69, 9.17) is 9.47 Å². The van der Waals surface area contributed by atoms with E-state index < -0.39 is 0 Å². The van der Waals surface area contributed by atoms with E-state index in [9.17, 15) is 14.4 Å². The van der Waals surface area contributed by atoms with Crippen LogP contribution < -0.4 is 9.47 Å². The van der Waals surface area contributed by atoms with Gasteiger partial charge in [0.1, 0.15) is 13.2 Å². The van der Waals surface area contributed by atoms with Crippen LogP contribution in [0.2, 0.25) is 0 Å². The van der Waals surface area contributed by atoms with E-state index in [-0.39, 0.29) is 23.5 Å². The second-order valence-corrected chi connectivity index (χ2v) is 8.50. The Labute approximate surface area is 186 Å². The molecule has 3 aliphatic rings. The molecule has 0 aliphatic carbocycles. The molecule has 0 saturated carbocycles. The van der Waals surface area contributed by atoms with Crippen molar-refractivity contribution in [2.24, 2.45) is 5.92 Å². The number of amides is 2. The van der Waals surface area contributed by atoms with Crippen molar-refractivity contribution in [3.63, 3.8) is 0 Å². The van der Waals surface area contributed by atoms with Gasteiger partial charge in [-0.25, -0.2) is 0 Å². The molecule has 32 heavy (non-hydrogen) atoms. The summed E-state index contributed by atoms with van der Waals surface area (Å²) in [6.45, 7) is 3.93. The summed E-state index contributed by atoms with van der Waals surface area (Å²) in [5, 5.41) is 0. The van der Waals surface area contributed by atoms with E-state index in [0.717, 1.165) is 38.9 Å². The summed E-state index contributed by atoms with van der Waals surface area (Å²) >= 11 is 0. The first-order valence-electron chi connectivity index (χ1n) is 11.2. The van der Waals surface area contributed by atoms with Crippen molar-refractivity contribution in [2.45, 2.75) is 19.3 Å². The summed E-state index contributed by atoms with van der Waals surface area (Å²) in [4.78, 5) is 41.6. The zero-order valence-corrected chi connectivity index (χ0v) is 17.9. The number of ether oxygens (including phenoxy) is 2. The number of carbonyl (C=O) groups excluding carboxylic acids is 3. The molecule has 0 radical (unpaired) electrons. The molecule has 2 aromatic carbocycles. The maximum atomic E-state index is 13.0. The van der Waals surface area contributed by atoms with E-state index in [2.05, 4.69) is 4.90 Å². The Kier molecular flexibility index (Phi) is 5.66. The highest BCUT2D eigenvalue weighted by Gasteiger charge is 2.34. The zero-order chi connectivity index (χ0) is 22.1. The van der Waals surface area contributed by atoms with Crippen molar-refractivity contribution < 1.29 is 23.9 Å². The number of fused-ring (bicyclic) bond motifs is 2. The van der Waals surface area contributed by atoms with Crippen molar-refractivity contribution >= 4 is 17.6 Å².